The summed E-state index contributed by atoms with van der Waals surface area (Å²) in [7, 11) is 0. The molecular formula is C11H12ClNO3S. The number of nitrogens with one attached hydrogen (secondary N) is 1. The molecule has 0 saturated heterocycles. The maximum Gasteiger partial charge on any atom is 0.306 e. The predicted molar refractivity (Wildman–Crippen MR) is 65.6 cm³/mol. The zero-order valence-corrected chi connectivity index (χ0v) is 10.6. The summed E-state index contributed by atoms with van der Waals surface area (Å²) in [5.41, 5.74) is 0. The quantitative estimate of drug-likeness (QED) is 0.889. The lowest BCUT2D eigenvalue weighted by Gasteiger charge is -2.11. The Balaban J connectivity index is 1.90. The van der Waals surface area contributed by atoms with Gasteiger partial charge >= 0.3 is 5.97 Å². The zero-order chi connectivity index (χ0) is 12.4. The third kappa shape index (κ3) is 2.98. The monoisotopic (exact) mass is 273 g/mol. The van der Waals surface area contributed by atoms with E-state index in [1.165, 1.54) is 11.3 Å². The second kappa shape index (κ2) is 5.06. The van der Waals surface area contributed by atoms with E-state index in [0.29, 0.717) is 22.1 Å². The normalized spacial score (nSPS) is 23.6. The first-order valence-corrected chi connectivity index (χ1v) is 6.54. The molecule has 1 aromatic rings. The Morgan fingerprint density at radius 3 is 2.71 bits per heavy atom. The number of carbonyl (C=O) groups is 2. The van der Waals surface area contributed by atoms with E-state index in [4.69, 9.17) is 16.7 Å². The van der Waals surface area contributed by atoms with E-state index in [1.54, 1.807) is 12.1 Å². The molecule has 0 bridgehead atoms. The first kappa shape index (κ1) is 12.4. The van der Waals surface area contributed by atoms with Gasteiger partial charge in [0.15, 0.2) is 0 Å². The number of hydrogen-bond acceptors (Lipinski definition) is 3. The molecule has 1 aliphatic carbocycles. The minimum Gasteiger partial charge on any atom is -0.481 e. The van der Waals surface area contributed by atoms with Crippen molar-refractivity contribution in [1.29, 1.82) is 0 Å². The van der Waals surface area contributed by atoms with E-state index in [0.717, 1.165) is 6.42 Å². The highest BCUT2D eigenvalue weighted by Gasteiger charge is 2.30. The maximum absolute atomic E-state index is 11.8. The lowest BCUT2D eigenvalue weighted by atomic mass is 10.1. The van der Waals surface area contributed by atoms with Crippen molar-refractivity contribution in [3.63, 3.8) is 0 Å². The third-order valence-corrected chi connectivity index (χ3v) is 4.14. The average molecular weight is 274 g/mol. The summed E-state index contributed by atoms with van der Waals surface area (Å²) >= 11 is 6.97. The number of carboxylic acids is 1. The van der Waals surface area contributed by atoms with E-state index in [1.807, 2.05) is 0 Å². The maximum atomic E-state index is 11.8. The molecule has 6 heteroatoms. The fraction of sp³-hybridized carbons (Fsp3) is 0.455. The number of carboxylic acid groups (broad SMARTS) is 1. The fourth-order valence-electron chi connectivity index (χ4n) is 2.03. The molecule has 1 aliphatic rings. The number of halogens is 1. The Kier molecular flexibility index (Phi) is 3.69. The third-order valence-electron chi connectivity index (χ3n) is 2.91. The molecule has 0 spiro atoms. The van der Waals surface area contributed by atoms with Gasteiger partial charge in [-0.1, -0.05) is 11.6 Å². The fourth-order valence-corrected chi connectivity index (χ4v) is 2.98. The van der Waals surface area contributed by atoms with Crippen molar-refractivity contribution in [2.45, 2.75) is 25.3 Å². The molecule has 1 fully saturated rings. The van der Waals surface area contributed by atoms with E-state index in [9.17, 15) is 9.59 Å². The van der Waals surface area contributed by atoms with E-state index in [-0.39, 0.29) is 17.9 Å². The van der Waals surface area contributed by atoms with Crippen LogP contribution < -0.4 is 5.32 Å². The number of aliphatic carboxylic acids is 1. The van der Waals surface area contributed by atoms with Gasteiger partial charge in [0.2, 0.25) is 0 Å². The first-order chi connectivity index (χ1) is 8.06. The number of hydrogen-bond donors (Lipinski definition) is 2. The van der Waals surface area contributed by atoms with Gasteiger partial charge < -0.3 is 10.4 Å². The molecule has 2 N–H and O–H groups in total. The van der Waals surface area contributed by atoms with Crippen LogP contribution in [0, 0.1) is 5.92 Å². The smallest absolute Gasteiger partial charge is 0.306 e. The summed E-state index contributed by atoms with van der Waals surface area (Å²) < 4.78 is 0.574. The van der Waals surface area contributed by atoms with E-state index in [2.05, 4.69) is 5.32 Å². The number of rotatable bonds is 3. The molecule has 17 heavy (non-hydrogen) atoms. The van der Waals surface area contributed by atoms with E-state index >= 15 is 0 Å². The van der Waals surface area contributed by atoms with Crippen LogP contribution in [0.2, 0.25) is 4.34 Å². The predicted octanol–water partition coefficient (Wildman–Crippen LogP) is 2.38. The molecule has 92 valence electrons. The van der Waals surface area contributed by atoms with Crippen LogP contribution in [-0.4, -0.2) is 23.0 Å². The van der Waals surface area contributed by atoms with Crippen molar-refractivity contribution in [2.75, 3.05) is 0 Å². The Bertz CT molecular complexity index is 446. The van der Waals surface area contributed by atoms with Gasteiger partial charge in [-0.15, -0.1) is 11.3 Å². The molecule has 0 aliphatic heterocycles. The molecule has 0 radical (unpaired) electrons. The first-order valence-electron chi connectivity index (χ1n) is 5.35. The summed E-state index contributed by atoms with van der Waals surface area (Å²) in [5.74, 6) is -1.27. The van der Waals surface area contributed by atoms with Crippen molar-refractivity contribution in [3.05, 3.63) is 21.3 Å². The standard InChI is InChI=1S/C11H12ClNO3S/c12-9-4-3-8(17-9)10(14)13-7-2-1-6(5-7)11(15)16/h3-4,6-7H,1-2,5H2,(H,13,14)(H,15,16)/t6-,7-/m0/s1. The van der Waals surface area contributed by atoms with Crippen molar-refractivity contribution in [1.82, 2.24) is 5.32 Å². The van der Waals surface area contributed by atoms with Crippen LogP contribution in [0.4, 0.5) is 0 Å². The highest BCUT2D eigenvalue weighted by atomic mass is 35.5. The van der Waals surface area contributed by atoms with Crippen LogP contribution in [0.1, 0.15) is 28.9 Å². The van der Waals surface area contributed by atoms with Crippen molar-refractivity contribution in [3.8, 4) is 0 Å². The molecule has 4 nitrogen and oxygen atoms in total. The highest BCUT2D eigenvalue weighted by Crippen LogP contribution is 2.27. The van der Waals surface area contributed by atoms with E-state index < -0.39 is 5.97 Å². The minimum atomic E-state index is -0.777. The minimum absolute atomic E-state index is 0.0375. The topological polar surface area (TPSA) is 66.4 Å². The van der Waals surface area contributed by atoms with Crippen molar-refractivity contribution >= 4 is 34.8 Å². The molecule has 1 aromatic heterocycles. The molecule has 2 atom stereocenters. The molecule has 1 saturated carbocycles. The average Bonchev–Trinajstić information content (AvgIpc) is 2.86. The van der Waals surface area contributed by atoms with Crippen LogP contribution in [0.5, 0.6) is 0 Å². The second-order valence-electron chi connectivity index (χ2n) is 4.12. The highest BCUT2D eigenvalue weighted by molar-refractivity contribution is 7.17. The summed E-state index contributed by atoms with van der Waals surface area (Å²) in [4.78, 5) is 23.1. The summed E-state index contributed by atoms with van der Waals surface area (Å²) in [6.45, 7) is 0. The Morgan fingerprint density at radius 2 is 2.18 bits per heavy atom. The van der Waals surface area contributed by atoms with Crippen LogP contribution in [0.3, 0.4) is 0 Å². The van der Waals surface area contributed by atoms with Crippen molar-refractivity contribution < 1.29 is 14.7 Å². The summed E-state index contributed by atoms with van der Waals surface area (Å²) in [6, 6.07) is 3.31. The van der Waals surface area contributed by atoms with Gasteiger partial charge in [0.1, 0.15) is 0 Å². The molecule has 1 heterocycles. The second-order valence-corrected chi connectivity index (χ2v) is 5.84. The number of thiophene rings is 1. The van der Waals surface area contributed by atoms with Gasteiger partial charge in [0.05, 0.1) is 15.1 Å². The lowest BCUT2D eigenvalue weighted by molar-refractivity contribution is -0.141. The van der Waals surface area contributed by atoms with Gasteiger partial charge in [0, 0.05) is 6.04 Å². The van der Waals surface area contributed by atoms with Gasteiger partial charge in [0.25, 0.3) is 5.91 Å². The lowest BCUT2D eigenvalue weighted by Crippen LogP contribution is -2.32. The van der Waals surface area contributed by atoms with Gasteiger partial charge in [-0.05, 0) is 31.4 Å². The molecule has 1 amide bonds. The van der Waals surface area contributed by atoms with Crippen LogP contribution >= 0.6 is 22.9 Å². The van der Waals surface area contributed by atoms with Crippen molar-refractivity contribution in [2.24, 2.45) is 5.92 Å². The largest absolute Gasteiger partial charge is 0.481 e. The SMILES string of the molecule is O=C(N[C@H]1CC[C@H](C(=O)O)C1)c1ccc(Cl)s1. The molecule has 0 unspecified atom stereocenters. The van der Waals surface area contributed by atoms with Gasteiger partial charge in [-0.3, -0.25) is 9.59 Å². The summed E-state index contributed by atoms with van der Waals surface area (Å²) in [6.07, 6.45) is 1.87. The number of carbonyl (C=O) groups excluding carboxylic acids is 1. The molecule has 2 rings (SSSR count). The number of amides is 1. The van der Waals surface area contributed by atoms with Crippen LogP contribution in [0.15, 0.2) is 12.1 Å². The Hall–Kier alpha value is -1.07. The van der Waals surface area contributed by atoms with Crippen LogP contribution in [0.25, 0.3) is 0 Å². The van der Waals surface area contributed by atoms with Gasteiger partial charge in [-0.2, -0.15) is 0 Å². The van der Waals surface area contributed by atoms with Crippen LogP contribution in [-0.2, 0) is 4.79 Å². The summed E-state index contributed by atoms with van der Waals surface area (Å²) in [5, 5.41) is 11.7. The Labute approximate surface area is 108 Å². The van der Waals surface area contributed by atoms with Gasteiger partial charge in [-0.25, -0.2) is 0 Å². The molecule has 0 aromatic carbocycles. The Morgan fingerprint density at radius 1 is 1.41 bits per heavy atom. The zero-order valence-electron chi connectivity index (χ0n) is 8.98. The molecular weight excluding hydrogens is 262 g/mol.